The van der Waals surface area contributed by atoms with Crippen LogP contribution in [-0.4, -0.2) is 25.1 Å². The van der Waals surface area contributed by atoms with Crippen molar-refractivity contribution in [1.82, 2.24) is 0 Å². The van der Waals surface area contributed by atoms with Gasteiger partial charge in [0.05, 0.1) is 6.42 Å². The minimum absolute atomic E-state index is 0.886. The summed E-state index contributed by atoms with van der Waals surface area (Å²) < 4.78 is 52.4. The van der Waals surface area contributed by atoms with Crippen LogP contribution in [0.5, 0.6) is 0 Å². The molecule has 10 heavy (non-hydrogen) atoms. The van der Waals surface area contributed by atoms with Crippen molar-refractivity contribution in [3.05, 3.63) is 0 Å². The first kappa shape index (κ1) is 7.78. The molecule has 1 rings (SSSR count). The van der Waals surface area contributed by atoms with Gasteiger partial charge in [-0.15, -0.1) is 0 Å². The number of rotatable bonds is 0. The van der Waals surface area contributed by atoms with E-state index >= 15 is 0 Å². The zero-order chi connectivity index (χ0) is 7.83. The highest BCUT2D eigenvalue weighted by atomic mass is 19.3. The molecule has 0 bridgehead atoms. The molecule has 1 fully saturated rings. The Bertz CT molecular complexity index is 120. The van der Waals surface area contributed by atoms with Gasteiger partial charge in [-0.3, -0.25) is 0 Å². The Morgan fingerprint density at radius 2 is 1.30 bits per heavy atom. The van der Waals surface area contributed by atoms with Crippen molar-refractivity contribution in [2.45, 2.75) is 18.3 Å². The summed E-state index contributed by atoms with van der Waals surface area (Å²) in [6, 6.07) is 0. The lowest BCUT2D eigenvalue weighted by molar-refractivity contribution is -0.214. The Hall–Kier alpha value is -0.320. The van der Waals surface area contributed by atoms with Crippen LogP contribution in [0.1, 0.15) is 6.42 Å². The van der Waals surface area contributed by atoms with Gasteiger partial charge in [0.15, 0.2) is 0 Å². The first-order valence-electron chi connectivity index (χ1n) is 2.75. The van der Waals surface area contributed by atoms with Crippen molar-refractivity contribution in [2.24, 2.45) is 0 Å². The lowest BCUT2D eigenvalue weighted by atomic mass is 10.1. The first-order chi connectivity index (χ1) is 4.41. The minimum Gasteiger partial charge on any atom is -0.369 e. The molecule has 0 saturated carbocycles. The third-order valence-corrected chi connectivity index (χ3v) is 1.14. The van der Waals surface area contributed by atoms with Crippen LogP contribution in [-0.2, 0) is 4.74 Å². The van der Waals surface area contributed by atoms with Crippen molar-refractivity contribution in [3.63, 3.8) is 0 Å². The van der Waals surface area contributed by atoms with Gasteiger partial charge in [0.2, 0.25) is 0 Å². The molecule has 0 N–H and O–H groups in total. The number of ether oxygens (including phenoxy) is 1. The van der Waals surface area contributed by atoms with Gasteiger partial charge in [-0.25, -0.2) is 17.6 Å². The highest BCUT2D eigenvalue weighted by molar-refractivity contribution is 4.81. The maximum atomic E-state index is 12.1. The molecule has 0 aromatic rings. The third kappa shape index (κ3) is 1.83. The minimum atomic E-state index is -3.36. The van der Waals surface area contributed by atoms with Crippen molar-refractivity contribution < 1.29 is 22.3 Å². The highest BCUT2D eigenvalue weighted by Crippen LogP contribution is 2.34. The molecular weight excluding hydrogens is 152 g/mol. The van der Waals surface area contributed by atoms with Crippen LogP contribution in [0.3, 0.4) is 0 Å². The second kappa shape index (κ2) is 2.08. The summed E-state index contributed by atoms with van der Waals surface area (Å²) in [7, 11) is 0. The first-order valence-corrected chi connectivity index (χ1v) is 2.75. The zero-order valence-corrected chi connectivity index (χ0v) is 5.04. The van der Waals surface area contributed by atoms with E-state index in [4.69, 9.17) is 0 Å². The zero-order valence-electron chi connectivity index (χ0n) is 5.04. The quantitative estimate of drug-likeness (QED) is 0.487. The molecule has 1 heterocycles. The number of halogens is 4. The molecule has 0 spiro atoms. The smallest absolute Gasteiger partial charge is 0.276 e. The molecule has 0 aromatic carbocycles. The van der Waals surface area contributed by atoms with Crippen LogP contribution in [0, 0.1) is 0 Å². The lowest BCUT2D eigenvalue weighted by Crippen LogP contribution is -2.42. The van der Waals surface area contributed by atoms with E-state index in [1.54, 1.807) is 0 Å². The Morgan fingerprint density at radius 3 is 1.50 bits per heavy atom. The standard InChI is InChI=1S/C5H6F4O/c6-4(7)1-5(8,9)3-10-2-4/h1-3H2. The fraction of sp³-hybridized carbons (Fsp3) is 1.00. The van der Waals surface area contributed by atoms with Crippen LogP contribution in [0.25, 0.3) is 0 Å². The van der Waals surface area contributed by atoms with Gasteiger partial charge < -0.3 is 4.74 Å². The van der Waals surface area contributed by atoms with Crippen molar-refractivity contribution in [2.75, 3.05) is 13.2 Å². The Kier molecular flexibility index (Phi) is 1.62. The van der Waals surface area contributed by atoms with Crippen molar-refractivity contribution in [3.8, 4) is 0 Å². The molecule has 60 valence electrons. The predicted octanol–water partition coefficient (Wildman–Crippen LogP) is 1.68. The number of alkyl halides is 4. The van der Waals surface area contributed by atoms with Gasteiger partial charge in [-0.05, 0) is 0 Å². The average Bonchev–Trinajstić information content (AvgIpc) is 1.56. The maximum absolute atomic E-state index is 12.1. The molecule has 1 aliphatic heterocycles. The topological polar surface area (TPSA) is 9.23 Å². The Balaban J connectivity index is 2.56. The molecule has 1 saturated heterocycles. The molecule has 0 amide bonds. The molecule has 1 nitrogen and oxygen atoms in total. The summed E-state index contributed by atoms with van der Waals surface area (Å²) in [5.41, 5.74) is 0. The van der Waals surface area contributed by atoms with E-state index in [0.717, 1.165) is 0 Å². The number of hydrogen-bond donors (Lipinski definition) is 0. The van der Waals surface area contributed by atoms with Crippen molar-refractivity contribution in [1.29, 1.82) is 0 Å². The van der Waals surface area contributed by atoms with E-state index in [9.17, 15) is 17.6 Å². The second-order valence-electron chi connectivity index (χ2n) is 2.38. The van der Waals surface area contributed by atoms with Crippen LogP contribution < -0.4 is 0 Å². The van der Waals surface area contributed by atoms with E-state index < -0.39 is 31.5 Å². The molecule has 0 radical (unpaired) electrons. The third-order valence-electron chi connectivity index (χ3n) is 1.14. The normalized spacial score (nSPS) is 30.0. The van der Waals surface area contributed by atoms with E-state index in [-0.39, 0.29) is 0 Å². The highest BCUT2D eigenvalue weighted by Gasteiger charge is 2.47. The molecule has 0 atom stereocenters. The summed E-state index contributed by atoms with van der Waals surface area (Å²) >= 11 is 0. The average molecular weight is 158 g/mol. The SMILES string of the molecule is FC1(F)COCC(F)(F)C1. The van der Waals surface area contributed by atoms with Crippen LogP contribution >= 0.6 is 0 Å². The summed E-state index contributed by atoms with van der Waals surface area (Å²) in [6.45, 7) is -1.77. The molecular formula is C5H6F4O. The van der Waals surface area contributed by atoms with Gasteiger partial charge in [0.1, 0.15) is 13.2 Å². The van der Waals surface area contributed by atoms with Crippen molar-refractivity contribution >= 4 is 0 Å². The fourth-order valence-corrected chi connectivity index (χ4v) is 0.830. The van der Waals surface area contributed by atoms with E-state index in [1.807, 2.05) is 0 Å². The van der Waals surface area contributed by atoms with Gasteiger partial charge in [-0.1, -0.05) is 0 Å². The Morgan fingerprint density at radius 1 is 0.900 bits per heavy atom. The number of hydrogen-bond acceptors (Lipinski definition) is 1. The Labute approximate surface area is 55.0 Å². The lowest BCUT2D eigenvalue weighted by Gasteiger charge is -2.28. The maximum Gasteiger partial charge on any atom is 0.276 e. The second-order valence-corrected chi connectivity index (χ2v) is 2.38. The molecule has 5 heteroatoms. The molecule has 0 unspecified atom stereocenters. The summed E-state index contributed by atoms with van der Waals surface area (Å²) in [5.74, 6) is -6.72. The van der Waals surface area contributed by atoms with E-state index in [0.29, 0.717) is 0 Å². The van der Waals surface area contributed by atoms with E-state index in [2.05, 4.69) is 4.74 Å². The van der Waals surface area contributed by atoms with E-state index in [1.165, 1.54) is 0 Å². The van der Waals surface area contributed by atoms with Gasteiger partial charge >= 0.3 is 0 Å². The van der Waals surface area contributed by atoms with Gasteiger partial charge in [0.25, 0.3) is 11.8 Å². The summed E-state index contributed by atoms with van der Waals surface area (Å²) in [6.07, 6.45) is -1.39. The predicted molar refractivity (Wildman–Crippen MR) is 25.3 cm³/mol. The molecule has 1 aliphatic rings. The van der Waals surface area contributed by atoms with Crippen LogP contribution in [0.15, 0.2) is 0 Å². The largest absolute Gasteiger partial charge is 0.369 e. The fourth-order valence-electron chi connectivity index (χ4n) is 0.830. The van der Waals surface area contributed by atoms with Crippen LogP contribution in [0.4, 0.5) is 17.6 Å². The summed E-state index contributed by atoms with van der Waals surface area (Å²) in [4.78, 5) is 0. The van der Waals surface area contributed by atoms with Gasteiger partial charge in [-0.2, -0.15) is 0 Å². The van der Waals surface area contributed by atoms with Crippen LogP contribution in [0.2, 0.25) is 0 Å². The monoisotopic (exact) mass is 158 g/mol. The molecule has 0 aliphatic carbocycles. The molecule has 0 aromatic heterocycles. The summed E-state index contributed by atoms with van der Waals surface area (Å²) in [5, 5.41) is 0. The van der Waals surface area contributed by atoms with Gasteiger partial charge in [0, 0.05) is 0 Å².